The molecule has 69 heavy (non-hydrogen) atoms. The number of hydrogen-bond acceptors (Lipinski definition) is 12. The summed E-state index contributed by atoms with van der Waals surface area (Å²) in [4.78, 5) is 56.6. The number of carbonyl (C=O) groups excluding carboxylic acids is 4. The molecule has 5 N–H and O–H groups in total. The number of hydrogen-bond donors (Lipinski definition) is 4. The van der Waals surface area contributed by atoms with Gasteiger partial charge in [-0.25, -0.2) is 0 Å². The van der Waals surface area contributed by atoms with Crippen LogP contribution < -0.4 is 50.4 Å². The number of amides is 4. The highest BCUT2D eigenvalue weighted by atomic mass is 33.1. The van der Waals surface area contributed by atoms with Crippen LogP contribution >= 0.6 is 21.6 Å². The summed E-state index contributed by atoms with van der Waals surface area (Å²) >= 11 is 0. The molecule has 4 aliphatic rings. The monoisotopic (exact) mass is 970 g/mol. The van der Waals surface area contributed by atoms with Gasteiger partial charge in [0.15, 0.2) is 23.0 Å². The summed E-state index contributed by atoms with van der Waals surface area (Å²) < 4.78 is 24.5. The lowest BCUT2D eigenvalue weighted by Gasteiger charge is -2.23. The van der Waals surface area contributed by atoms with Gasteiger partial charge in [-0.2, -0.15) is 0 Å². The maximum atomic E-state index is 14.1. The molecule has 14 nitrogen and oxygen atoms in total. The Bertz CT molecular complexity index is 2630. The Balaban J connectivity index is 0.926. The summed E-state index contributed by atoms with van der Waals surface area (Å²) in [6, 6.07) is 28.9. The largest absolute Gasteiger partial charge is 0.493 e. The SMILES string of the molecule is COc1cc2c(cc1OCc1cc(COc3cc4c(cc3OC)C(=O)N3c5ccccc5C[C@H]3CN4)cc(NC(=O)CCCC(C)(C)SSCCCC(N)=O)c1)NC[C@@H]1Cc3ccccc3N1C2=O. The first kappa shape index (κ1) is 47.5. The standard InChI is InChI=1S/C53H58N6O8S2/c1-53(2,69-68-18-10-15-49(54)60)17-9-16-50(61)57-36-20-32(30-66-47-26-41-39(24-45(47)64-3)51(62)58-37(28-55-41)22-34-11-5-7-13-43(34)58)19-33(21-36)31-67-48-27-42-40(25-46(48)65-4)52(63)59-38(29-56-42)23-35-12-6-8-14-44(35)59/h5-8,11-14,19-21,24-27,37-38,55-56H,9-10,15-18,22-23,28-31H2,1-4H3,(H2,54,60)(H,57,61)/t37-,38-/m0/s1. The van der Waals surface area contributed by atoms with Gasteiger partial charge in [-0.3, -0.25) is 19.2 Å². The van der Waals surface area contributed by atoms with Crippen LogP contribution in [0.1, 0.15) is 88.9 Å². The number of anilines is 5. The Morgan fingerprint density at radius 2 is 1.23 bits per heavy atom. The van der Waals surface area contributed by atoms with Crippen molar-refractivity contribution in [1.82, 2.24) is 0 Å². The van der Waals surface area contributed by atoms with E-state index in [4.69, 9.17) is 24.7 Å². The van der Waals surface area contributed by atoms with Crippen molar-refractivity contribution in [3.8, 4) is 23.0 Å². The summed E-state index contributed by atoms with van der Waals surface area (Å²) in [5, 5.41) is 10.1. The van der Waals surface area contributed by atoms with Crippen molar-refractivity contribution in [2.45, 2.75) is 88.8 Å². The highest BCUT2D eigenvalue weighted by molar-refractivity contribution is 8.77. The molecule has 0 saturated heterocycles. The average molecular weight is 971 g/mol. The molecule has 4 heterocycles. The van der Waals surface area contributed by atoms with E-state index in [9.17, 15) is 19.2 Å². The third-order valence-corrected chi connectivity index (χ3v) is 16.4. The fraction of sp³-hybridized carbons (Fsp3) is 0.358. The summed E-state index contributed by atoms with van der Waals surface area (Å²) in [5.74, 6) is 1.98. The predicted octanol–water partition coefficient (Wildman–Crippen LogP) is 9.39. The van der Waals surface area contributed by atoms with E-state index in [1.807, 2.05) is 76.5 Å². The number of benzene rings is 5. The van der Waals surface area contributed by atoms with E-state index in [0.717, 1.165) is 65.1 Å². The summed E-state index contributed by atoms with van der Waals surface area (Å²) in [7, 11) is 6.60. The minimum Gasteiger partial charge on any atom is -0.493 e. The zero-order chi connectivity index (χ0) is 48.2. The van der Waals surface area contributed by atoms with Crippen LogP contribution in [0.5, 0.6) is 23.0 Å². The normalized spacial score (nSPS) is 16.6. The van der Waals surface area contributed by atoms with Crippen molar-refractivity contribution in [2.75, 3.05) is 58.8 Å². The second-order valence-corrected chi connectivity index (χ2v) is 21.6. The lowest BCUT2D eigenvalue weighted by molar-refractivity contribution is -0.118. The third-order valence-electron chi connectivity index (χ3n) is 12.9. The Morgan fingerprint density at radius 3 is 1.74 bits per heavy atom. The number of nitrogens with one attached hydrogen (secondary N) is 3. The average Bonchev–Trinajstić information content (AvgIpc) is 3.83. The number of methoxy groups -OCH3 is 2. The molecule has 0 saturated carbocycles. The number of nitrogens with zero attached hydrogens (tertiary/aromatic N) is 2. The highest BCUT2D eigenvalue weighted by Crippen LogP contribution is 2.43. The van der Waals surface area contributed by atoms with Gasteiger partial charge < -0.3 is 50.4 Å². The van der Waals surface area contributed by atoms with Crippen LogP contribution in [0.2, 0.25) is 0 Å². The second-order valence-electron chi connectivity index (χ2n) is 18.4. The fourth-order valence-corrected chi connectivity index (χ4v) is 12.3. The Labute approximate surface area is 410 Å². The Hall–Kier alpha value is -6.52. The van der Waals surface area contributed by atoms with Crippen LogP contribution in [0.4, 0.5) is 28.4 Å². The van der Waals surface area contributed by atoms with Crippen LogP contribution in [0.25, 0.3) is 0 Å². The first-order valence-electron chi connectivity index (χ1n) is 23.4. The number of fused-ring (bicyclic) bond motifs is 8. The van der Waals surface area contributed by atoms with Crippen molar-refractivity contribution in [1.29, 1.82) is 0 Å². The van der Waals surface area contributed by atoms with Gasteiger partial charge in [-0.1, -0.05) is 58.0 Å². The number of primary amides is 1. The molecule has 0 unspecified atom stereocenters. The molecule has 9 rings (SSSR count). The van der Waals surface area contributed by atoms with Crippen LogP contribution in [0.3, 0.4) is 0 Å². The van der Waals surface area contributed by atoms with E-state index in [1.54, 1.807) is 47.9 Å². The number of para-hydroxylation sites is 2. The minimum absolute atomic E-state index is 0.0216. The molecular formula is C53H58N6O8S2. The molecule has 4 aliphatic heterocycles. The zero-order valence-corrected chi connectivity index (χ0v) is 41.0. The summed E-state index contributed by atoms with van der Waals surface area (Å²) in [5.41, 5.74) is 13.9. The molecule has 16 heteroatoms. The summed E-state index contributed by atoms with van der Waals surface area (Å²) in [6.07, 6.45) is 4.49. The van der Waals surface area contributed by atoms with Gasteiger partial charge in [0.2, 0.25) is 11.8 Å². The third kappa shape index (κ3) is 10.6. The van der Waals surface area contributed by atoms with Gasteiger partial charge in [0, 0.05) is 65.6 Å². The molecule has 0 bridgehead atoms. The van der Waals surface area contributed by atoms with Crippen LogP contribution in [-0.2, 0) is 35.6 Å². The van der Waals surface area contributed by atoms with Crippen molar-refractivity contribution >= 4 is 73.7 Å². The molecule has 360 valence electrons. The zero-order valence-electron chi connectivity index (χ0n) is 39.4. The van der Waals surface area contributed by atoms with Crippen LogP contribution in [0, 0.1) is 0 Å². The minimum atomic E-state index is -0.286. The molecule has 0 aliphatic carbocycles. The lowest BCUT2D eigenvalue weighted by Crippen LogP contribution is -2.39. The number of nitrogens with two attached hydrogens (primary N) is 1. The van der Waals surface area contributed by atoms with E-state index in [2.05, 4.69) is 41.9 Å². The van der Waals surface area contributed by atoms with E-state index in [1.165, 1.54) is 0 Å². The van der Waals surface area contributed by atoms with Crippen molar-refractivity contribution in [3.63, 3.8) is 0 Å². The second kappa shape index (κ2) is 20.6. The fourth-order valence-electron chi connectivity index (χ4n) is 9.59. The topological polar surface area (TPSA) is 174 Å². The van der Waals surface area contributed by atoms with Gasteiger partial charge >= 0.3 is 0 Å². The van der Waals surface area contributed by atoms with E-state index in [-0.39, 0.29) is 53.7 Å². The Kier molecular flexibility index (Phi) is 14.2. The lowest BCUT2D eigenvalue weighted by atomic mass is 10.1. The van der Waals surface area contributed by atoms with Crippen molar-refractivity contribution in [2.24, 2.45) is 5.73 Å². The molecular weight excluding hydrogens is 913 g/mol. The maximum Gasteiger partial charge on any atom is 0.260 e. The maximum absolute atomic E-state index is 14.1. The first-order valence-corrected chi connectivity index (χ1v) is 25.7. The van der Waals surface area contributed by atoms with Crippen LogP contribution in [0.15, 0.2) is 91.0 Å². The van der Waals surface area contributed by atoms with Gasteiger partial charge in [0.1, 0.15) is 13.2 Å². The molecule has 0 fully saturated rings. The van der Waals surface area contributed by atoms with Crippen molar-refractivity contribution < 1.29 is 38.1 Å². The summed E-state index contributed by atoms with van der Waals surface area (Å²) in [6.45, 7) is 5.70. The molecule has 5 aromatic carbocycles. The molecule has 0 spiro atoms. The molecule has 5 aromatic rings. The molecule has 2 atom stereocenters. The van der Waals surface area contributed by atoms with Gasteiger partial charge in [-0.05, 0) is 111 Å². The molecule has 0 radical (unpaired) electrons. The highest BCUT2D eigenvalue weighted by Gasteiger charge is 2.39. The Morgan fingerprint density at radius 1 is 0.710 bits per heavy atom. The number of ether oxygens (including phenoxy) is 4. The smallest absolute Gasteiger partial charge is 0.260 e. The first-order chi connectivity index (χ1) is 33.4. The van der Waals surface area contributed by atoms with Gasteiger partial charge in [0.25, 0.3) is 11.8 Å². The van der Waals surface area contributed by atoms with E-state index >= 15 is 0 Å². The quantitative estimate of drug-likeness (QED) is 0.0457. The van der Waals surface area contributed by atoms with Crippen molar-refractivity contribution in [3.05, 3.63) is 124 Å². The molecule has 0 aromatic heterocycles. The van der Waals surface area contributed by atoms with Gasteiger partial charge in [-0.15, -0.1) is 0 Å². The van der Waals surface area contributed by atoms with E-state index < -0.39 is 0 Å². The number of carbonyl (C=O) groups is 4. The van der Waals surface area contributed by atoms with E-state index in [0.29, 0.717) is 83.5 Å². The predicted molar refractivity (Wildman–Crippen MR) is 275 cm³/mol. The van der Waals surface area contributed by atoms with Crippen LogP contribution in [-0.4, -0.2) is 73.5 Å². The van der Waals surface area contributed by atoms with Gasteiger partial charge in [0.05, 0.1) is 48.8 Å². The molecule has 4 amide bonds. The number of rotatable bonds is 19.